The molecule has 0 radical (unpaired) electrons. The maximum Gasteiger partial charge on any atom is 0.251 e. The number of amides is 1. The molecule has 1 amide bonds. The first-order chi connectivity index (χ1) is 12.1. The lowest BCUT2D eigenvalue weighted by atomic mass is 10.1. The van der Waals surface area contributed by atoms with Crippen molar-refractivity contribution in [3.63, 3.8) is 0 Å². The molecule has 0 saturated carbocycles. The molecule has 3 rings (SSSR count). The molecule has 0 saturated heterocycles. The molecule has 0 atom stereocenters. The number of halogens is 1. The largest absolute Gasteiger partial charge is 0.505 e. The van der Waals surface area contributed by atoms with E-state index in [1.807, 2.05) is 6.07 Å². The lowest BCUT2D eigenvalue weighted by Gasteiger charge is -2.08. The number of benzene rings is 2. The first kappa shape index (κ1) is 16.4. The van der Waals surface area contributed by atoms with E-state index in [0.29, 0.717) is 17.1 Å². The zero-order chi connectivity index (χ0) is 17.8. The summed E-state index contributed by atoms with van der Waals surface area (Å²) in [5.41, 5.74) is 2.03. The van der Waals surface area contributed by atoms with Crippen LogP contribution in [0.4, 0.5) is 4.39 Å². The minimum absolute atomic E-state index is 0.160. The number of phenolic OH excluding ortho intramolecular Hbond substituents is 1. The molecule has 0 fully saturated rings. The van der Waals surface area contributed by atoms with Gasteiger partial charge >= 0.3 is 0 Å². The van der Waals surface area contributed by atoms with E-state index < -0.39 is 11.6 Å². The maximum absolute atomic E-state index is 13.1. The van der Waals surface area contributed by atoms with Gasteiger partial charge in [-0.05, 0) is 30.3 Å². The van der Waals surface area contributed by atoms with Gasteiger partial charge in [-0.3, -0.25) is 4.79 Å². The Labute approximate surface area is 143 Å². The Morgan fingerprint density at radius 2 is 1.88 bits per heavy atom. The second-order valence-corrected chi connectivity index (χ2v) is 5.23. The normalized spacial score (nSPS) is 10.3. The van der Waals surface area contributed by atoms with E-state index >= 15 is 0 Å². The Bertz CT molecular complexity index is 911. The quantitative estimate of drug-likeness (QED) is 0.760. The average molecular weight is 338 g/mol. The number of carbonyl (C=O) groups excluding carboxylic acids is 1. The molecule has 126 valence electrons. The number of aromatic hydroxyl groups is 1. The number of ether oxygens (including phenoxy) is 1. The van der Waals surface area contributed by atoms with Crippen LogP contribution in [0.2, 0.25) is 0 Å². The molecule has 0 aliphatic rings. The summed E-state index contributed by atoms with van der Waals surface area (Å²) < 4.78 is 18.6. The molecule has 1 heterocycles. The van der Waals surface area contributed by atoms with Crippen LogP contribution in [-0.2, 0) is 0 Å². The van der Waals surface area contributed by atoms with Crippen molar-refractivity contribution in [3.8, 4) is 28.6 Å². The van der Waals surface area contributed by atoms with Crippen molar-refractivity contribution in [3.05, 3.63) is 72.0 Å². The standard InChI is InChI=1S/C19H15FN2O3/c1-21-19(24)13-7-5-12(6-8-13)16-3-2-4-18(22-16)25-14-9-10-15(20)17(23)11-14/h2-11,23H,1H3,(H,21,24). The van der Waals surface area contributed by atoms with E-state index in [9.17, 15) is 14.3 Å². The van der Waals surface area contributed by atoms with E-state index in [2.05, 4.69) is 10.3 Å². The lowest BCUT2D eigenvalue weighted by Crippen LogP contribution is -2.17. The van der Waals surface area contributed by atoms with Gasteiger partial charge in [-0.25, -0.2) is 9.37 Å². The Balaban J connectivity index is 1.83. The number of pyridine rings is 1. The number of nitrogens with one attached hydrogen (secondary N) is 1. The lowest BCUT2D eigenvalue weighted by molar-refractivity contribution is 0.0963. The molecule has 25 heavy (non-hydrogen) atoms. The highest BCUT2D eigenvalue weighted by atomic mass is 19.1. The molecule has 0 aliphatic heterocycles. The van der Waals surface area contributed by atoms with Gasteiger partial charge in [0, 0.05) is 30.3 Å². The number of hydrogen-bond donors (Lipinski definition) is 2. The van der Waals surface area contributed by atoms with Crippen LogP contribution in [0, 0.1) is 5.82 Å². The Hall–Kier alpha value is -3.41. The monoisotopic (exact) mass is 338 g/mol. The third-order valence-electron chi connectivity index (χ3n) is 3.53. The topological polar surface area (TPSA) is 71.5 Å². The zero-order valence-corrected chi connectivity index (χ0v) is 13.4. The van der Waals surface area contributed by atoms with Crippen LogP contribution in [0.3, 0.4) is 0 Å². The summed E-state index contributed by atoms with van der Waals surface area (Å²) in [7, 11) is 1.58. The zero-order valence-electron chi connectivity index (χ0n) is 13.4. The molecule has 2 N–H and O–H groups in total. The van der Waals surface area contributed by atoms with Gasteiger partial charge in [0.2, 0.25) is 5.88 Å². The van der Waals surface area contributed by atoms with Crippen LogP contribution in [0.1, 0.15) is 10.4 Å². The fourth-order valence-electron chi connectivity index (χ4n) is 2.25. The number of carbonyl (C=O) groups is 1. The van der Waals surface area contributed by atoms with Crippen LogP contribution >= 0.6 is 0 Å². The molecule has 1 aromatic heterocycles. The SMILES string of the molecule is CNC(=O)c1ccc(-c2cccc(Oc3ccc(F)c(O)c3)n2)cc1. The fourth-order valence-corrected chi connectivity index (χ4v) is 2.25. The first-order valence-electron chi connectivity index (χ1n) is 7.53. The highest BCUT2D eigenvalue weighted by Gasteiger charge is 2.07. The molecule has 3 aromatic rings. The van der Waals surface area contributed by atoms with Crippen molar-refractivity contribution in [1.82, 2.24) is 10.3 Å². The van der Waals surface area contributed by atoms with E-state index in [1.165, 1.54) is 12.1 Å². The number of phenols is 1. The Kier molecular flexibility index (Phi) is 4.61. The van der Waals surface area contributed by atoms with Crippen LogP contribution in [0.5, 0.6) is 17.4 Å². The summed E-state index contributed by atoms with van der Waals surface area (Å²) in [6, 6.07) is 15.9. The van der Waals surface area contributed by atoms with Crippen molar-refractivity contribution >= 4 is 5.91 Å². The van der Waals surface area contributed by atoms with Crippen molar-refractivity contribution in [2.45, 2.75) is 0 Å². The van der Waals surface area contributed by atoms with Crippen molar-refractivity contribution in [2.24, 2.45) is 0 Å². The third kappa shape index (κ3) is 3.74. The number of hydrogen-bond acceptors (Lipinski definition) is 4. The van der Waals surface area contributed by atoms with Crippen LogP contribution in [-0.4, -0.2) is 23.0 Å². The van der Waals surface area contributed by atoms with Crippen molar-refractivity contribution in [2.75, 3.05) is 7.05 Å². The molecule has 2 aromatic carbocycles. The molecule has 5 nitrogen and oxygen atoms in total. The molecule has 0 unspecified atom stereocenters. The van der Waals surface area contributed by atoms with E-state index in [1.54, 1.807) is 43.4 Å². The van der Waals surface area contributed by atoms with Gasteiger partial charge in [-0.2, -0.15) is 0 Å². The molecule has 0 bridgehead atoms. The predicted octanol–water partition coefficient (Wildman–Crippen LogP) is 3.75. The first-order valence-corrected chi connectivity index (χ1v) is 7.53. The number of rotatable bonds is 4. The number of aromatic nitrogens is 1. The summed E-state index contributed by atoms with van der Waals surface area (Å²) in [5.74, 6) is -0.783. The number of nitrogens with zero attached hydrogens (tertiary/aromatic N) is 1. The second kappa shape index (κ2) is 7.00. The smallest absolute Gasteiger partial charge is 0.251 e. The summed E-state index contributed by atoms with van der Waals surface area (Å²) in [5, 5.41) is 12.0. The van der Waals surface area contributed by atoms with Crippen LogP contribution in [0.15, 0.2) is 60.7 Å². The van der Waals surface area contributed by atoms with Gasteiger partial charge < -0.3 is 15.2 Å². The van der Waals surface area contributed by atoms with Gasteiger partial charge in [-0.15, -0.1) is 0 Å². The maximum atomic E-state index is 13.1. The highest BCUT2D eigenvalue weighted by molar-refractivity contribution is 5.94. The molecular formula is C19H15FN2O3. The second-order valence-electron chi connectivity index (χ2n) is 5.23. The molecule has 0 spiro atoms. The van der Waals surface area contributed by atoms with E-state index in [4.69, 9.17) is 4.74 Å². The Morgan fingerprint density at radius 1 is 1.12 bits per heavy atom. The van der Waals surface area contributed by atoms with Gasteiger partial charge in [0.05, 0.1) is 5.69 Å². The van der Waals surface area contributed by atoms with E-state index in [0.717, 1.165) is 11.6 Å². The van der Waals surface area contributed by atoms with Gasteiger partial charge in [-0.1, -0.05) is 18.2 Å². The summed E-state index contributed by atoms with van der Waals surface area (Å²) in [4.78, 5) is 16.0. The summed E-state index contributed by atoms with van der Waals surface area (Å²) >= 11 is 0. The summed E-state index contributed by atoms with van der Waals surface area (Å²) in [6.07, 6.45) is 0. The van der Waals surface area contributed by atoms with Crippen molar-refractivity contribution < 1.29 is 19.0 Å². The van der Waals surface area contributed by atoms with Crippen LogP contribution in [0.25, 0.3) is 11.3 Å². The van der Waals surface area contributed by atoms with Gasteiger partial charge in [0.1, 0.15) is 5.75 Å². The molecule has 0 aliphatic carbocycles. The summed E-state index contributed by atoms with van der Waals surface area (Å²) in [6.45, 7) is 0. The average Bonchev–Trinajstić information content (AvgIpc) is 2.64. The van der Waals surface area contributed by atoms with Crippen LogP contribution < -0.4 is 10.1 Å². The molecular weight excluding hydrogens is 323 g/mol. The van der Waals surface area contributed by atoms with E-state index in [-0.39, 0.29) is 11.7 Å². The third-order valence-corrected chi connectivity index (χ3v) is 3.53. The molecule has 6 heteroatoms. The van der Waals surface area contributed by atoms with Gasteiger partial charge in [0.25, 0.3) is 5.91 Å². The predicted molar refractivity (Wildman–Crippen MR) is 91.2 cm³/mol. The minimum atomic E-state index is -0.717. The minimum Gasteiger partial charge on any atom is -0.505 e. The fraction of sp³-hybridized carbons (Fsp3) is 0.0526. The Morgan fingerprint density at radius 3 is 2.56 bits per heavy atom. The highest BCUT2D eigenvalue weighted by Crippen LogP contribution is 2.27. The van der Waals surface area contributed by atoms with Gasteiger partial charge in [0.15, 0.2) is 11.6 Å². The van der Waals surface area contributed by atoms with Crippen molar-refractivity contribution in [1.29, 1.82) is 0 Å².